The Kier molecular flexibility index (Phi) is 4.92. The van der Waals surface area contributed by atoms with E-state index >= 15 is 0 Å². The van der Waals surface area contributed by atoms with Crippen molar-refractivity contribution in [3.05, 3.63) is 34.3 Å². The lowest BCUT2D eigenvalue weighted by Crippen LogP contribution is -2.31. The summed E-state index contributed by atoms with van der Waals surface area (Å²) < 4.78 is 0. The summed E-state index contributed by atoms with van der Waals surface area (Å²) in [6, 6.07) is 6.72. The molecule has 3 unspecified atom stereocenters. The minimum Gasteiger partial charge on any atom is -0.313 e. The summed E-state index contributed by atoms with van der Waals surface area (Å²) in [5.74, 6) is 2.40. The third kappa shape index (κ3) is 3.32. The molecular weight excluding hydrogens is 254 g/mol. The van der Waals surface area contributed by atoms with E-state index in [2.05, 4.69) is 45.3 Å². The van der Waals surface area contributed by atoms with Crippen molar-refractivity contribution in [2.75, 3.05) is 7.05 Å². The van der Waals surface area contributed by atoms with Crippen LogP contribution in [0.15, 0.2) is 18.2 Å². The monoisotopic (exact) mass is 279 g/mol. The Labute approximate surface area is 122 Å². The van der Waals surface area contributed by atoms with Crippen LogP contribution < -0.4 is 5.32 Å². The van der Waals surface area contributed by atoms with E-state index in [1.54, 1.807) is 0 Å². The minimum absolute atomic E-state index is 0.434. The zero-order valence-electron chi connectivity index (χ0n) is 12.5. The van der Waals surface area contributed by atoms with Gasteiger partial charge in [-0.1, -0.05) is 37.6 Å². The summed E-state index contributed by atoms with van der Waals surface area (Å²) in [6.07, 6.45) is 4.02. The van der Waals surface area contributed by atoms with Crippen LogP contribution in [0.1, 0.15) is 50.3 Å². The molecule has 1 aromatic carbocycles. The van der Waals surface area contributed by atoms with E-state index in [-0.39, 0.29) is 0 Å². The highest BCUT2D eigenvalue weighted by atomic mass is 35.5. The Morgan fingerprint density at radius 1 is 1.16 bits per heavy atom. The van der Waals surface area contributed by atoms with Crippen LogP contribution in [0.3, 0.4) is 0 Å². The summed E-state index contributed by atoms with van der Waals surface area (Å²) in [6.45, 7) is 6.91. The van der Waals surface area contributed by atoms with E-state index in [0.717, 1.165) is 22.8 Å². The number of rotatable bonds is 3. The van der Waals surface area contributed by atoms with Crippen LogP contribution in [-0.2, 0) is 0 Å². The van der Waals surface area contributed by atoms with Gasteiger partial charge in [-0.2, -0.15) is 0 Å². The second-order valence-corrected chi connectivity index (χ2v) is 6.81. The van der Waals surface area contributed by atoms with Crippen LogP contribution in [0.5, 0.6) is 0 Å². The maximum Gasteiger partial charge on any atom is 0.0438 e. The van der Waals surface area contributed by atoms with Crippen molar-refractivity contribution in [2.24, 2.45) is 17.8 Å². The number of hydrogen-bond acceptors (Lipinski definition) is 1. The van der Waals surface area contributed by atoms with Crippen LogP contribution in [0.4, 0.5) is 0 Å². The summed E-state index contributed by atoms with van der Waals surface area (Å²) >= 11 is 6.28. The van der Waals surface area contributed by atoms with Gasteiger partial charge in [0, 0.05) is 11.1 Å². The molecule has 0 bridgehead atoms. The van der Waals surface area contributed by atoms with Crippen LogP contribution in [0.2, 0.25) is 5.02 Å². The molecule has 1 aromatic rings. The van der Waals surface area contributed by atoms with Crippen LogP contribution >= 0.6 is 11.6 Å². The number of hydrogen-bond donors (Lipinski definition) is 1. The molecular formula is C17H26ClN. The summed E-state index contributed by atoms with van der Waals surface area (Å²) in [5.41, 5.74) is 2.61. The molecule has 0 spiro atoms. The summed E-state index contributed by atoms with van der Waals surface area (Å²) in [5, 5.41) is 4.42. The van der Waals surface area contributed by atoms with E-state index in [0.29, 0.717) is 6.04 Å². The smallest absolute Gasteiger partial charge is 0.0438 e. The molecule has 1 saturated carbocycles. The standard InChI is InChI=1S/C17H26ClN/c1-11-8-12(2)10-14(9-11)17(19-4)15-6-5-7-16(18)13(15)3/h5-7,11-12,14,17,19H,8-10H2,1-4H3. The topological polar surface area (TPSA) is 12.0 Å². The van der Waals surface area contributed by atoms with Gasteiger partial charge in [0.1, 0.15) is 0 Å². The predicted molar refractivity (Wildman–Crippen MR) is 83.7 cm³/mol. The van der Waals surface area contributed by atoms with Crippen molar-refractivity contribution in [2.45, 2.75) is 46.1 Å². The highest BCUT2D eigenvalue weighted by Crippen LogP contribution is 2.41. The first-order valence-corrected chi connectivity index (χ1v) is 7.83. The molecule has 0 aromatic heterocycles. The second kappa shape index (κ2) is 6.28. The molecule has 1 aliphatic rings. The molecule has 3 atom stereocenters. The minimum atomic E-state index is 0.434. The molecule has 2 heteroatoms. The molecule has 0 heterocycles. The number of nitrogens with one attached hydrogen (secondary N) is 1. The SMILES string of the molecule is CNC(c1cccc(Cl)c1C)C1CC(C)CC(C)C1. The average molecular weight is 280 g/mol. The lowest BCUT2D eigenvalue weighted by molar-refractivity contribution is 0.180. The Balaban J connectivity index is 2.26. The fourth-order valence-corrected chi connectivity index (χ4v) is 4.07. The molecule has 0 radical (unpaired) electrons. The average Bonchev–Trinajstić information content (AvgIpc) is 2.34. The first-order chi connectivity index (χ1) is 9.02. The van der Waals surface area contributed by atoms with Crippen molar-refractivity contribution in [3.8, 4) is 0 Å². The van der Waals surface area contributed by atoms with Crippen molar-refractivity contribution in [1.82, 2.24) is 5.32 Å². The predicted octanol–water partition coefficient (Wildman–Crippen LogP) is 4.98. The molecule has 1 nitrogen and oxygen atoms in total. The lowest BCUT2D eigenvalue weighted by atomic mass is 9.72. The first-order valence-electron chi connectivity index (χ1n) is 7.45. The molecule has 2 rings (SSSR count). The van der Waals surface area contributed by atoms with Gasteiger partial charge in [-0.15, -0.1) is 0 Å². The van der Waals surface area contributed by atoms with Crippen molar-refractivity contribution >= 4 is 11.6 Å². The Bertz CT molecular complexity index is 419. The lowest BCUT2D eigenvalue weighted by Gasteiger charge is -2.37. The molecule has 0 amide bonds. The molecule has 1 aliphatic carbocycles. The molecule has 19 heavy (non-hydrogen) atoms. The van der Waals surface area contributed by atoms with Gasteiger partial charge >= 0.3 is 0 Å². The van der Waals surface area contributed by atoms with Gasteiger partial charge in [-0.25, -0.2) is 0 Å². The number of benzene rings is 1. The molecule has 0 aliphatic heterocycles. The van der Waals surface area contributed by atoms with Gasteiger partial charge in [0.2, 0.25) is 0 Å². The van der Waals surface area contributed by atoms with Gasteiger partial charge in [-0.05, 0) is 68.2 Å². The van der Waals surface area contributed by atoms with Gasteiger partial charge in [-0.3, -0.25) is 0 Å². The Morgan fingerprint density at radius 2 is 1.79 bits per heavy atom. The highest BCUT2D eigenvalue weighted by Gasteiger charge is 2.30. The fraction of sp³-hybridized carbons (Fsp3) is 0.647. The van der Waals surface area contributed by atoms with Crippen LogP contribution in [0, 0.1) is 24.7 Å². The summed E-state index contributed by atoms with van der Waals surface area (Å²) in [7, 11) is 2.08. The van der Waals surface area contributed by atoms with Crippen molar-refractivity contribution < 1.29 is 0 Å². The highest BCUT2D eigenvalue weighted by molar-refractivity contribution is 6.31. The zero-order valence-corrected chi connectivity index (χ0v) is 13.3. The Morgan fingerprint density at radius 3 is 2.37 bits per heavy atom. The molecule has 0 saturated heterocycles. The van der Waals surface area contributed by atoms with Crippen molar-refractivity contribution in [3.63, 3.8) is 0 Å². The maximum absolute atomic E-state index is 6.28. The molecule has 1 fully saturated rings. The second-order valence-electron chi connectivity index (χ2n) is 6.40. The fourth-order valence-electron chi connectivity index (χ4n) is 3.89. The summed E-state index contributed by atoms with van der Waals surface area (Å²) in [4.78, 5) is 0. The van der Waals surface area contributed by atoms with Gasteiger partial charge < -0.3 is 5.32 Å². The van der Waals surface area contributed by atoms with E-state index in [1.165, 1.54) is 30.4 Å². The van der Waals surface area contributed by atoms with Gasteiger partial charge in [0.25, 0.3) is 0 Å². The largest absolute Gasteiger partial charge is 0.313 e. The van der Waals surface area contributed by atoms with E-state index in [4.69, 9.17) is 11.6 Å². The normalized spacial score (nSPS) is 29.2. The van der Waals surface area contributed by atoms with Gasteiger partial charge in [0.15, 0.2) is 0 Å². The number of halogens is 1. The van der Waals surface area contributed by atoms with Crippen molar-refractivity contribution in [1.29, 1.82) is 0 Å². The van der Waals surface area contributed by atoms with E-state index in [1.807, 2.05) is 6.07 Å². The molecule has 1 N–H and O–H groups in total. The first kappa shape index (κ1) is 14.9. The quantitative estimate of drug-likeness (QED) is 0.823. The van der Waals surface area contributed by atoms with E-state index in [9.17, 15) is 0 Å². The third-order valence-corrected chi connectivity index (χ3v) is 5.05. The van der Waals surface area contributed by atoms with E-state index < -0.39 is 0 Å². The van der Waals surface area contributed by atoms with Gasteiger partial charge in [0.05, 0.1) is 0 Å². The molecule has 106 valence electrons. The van der Waals surface area contributed by atoms with Crippen LogP contribution in [0.25, 0.3) is 0 Å². The zero-order chi connectivity index (χ0) is 14.0. The van der Waals surface area contributed by atoms with Crippen LogP contribution in [-0.4, -0.2) is 7.05 Å². The third-order valence-electron chi connectivity index (χ3n) is 4.64. The maximum atomic E-state index is 6.28. The Hall–Kier alpha value is -0.530.